The number of ether oxygens (including phenoxy) is 2. The van der Waals surface area contributed by atoms with Crippen molar-refractivity contribution in [1.82, 2.24) is 0 Å². The molecule has 0 aliphatic heterocycles. The number of hydrogen-bond acceptors (Lipinski definition) is 3. The van der Waals surface area contributed by atoms with Gasteiger partial charge < -0.3 is 9.47 Å². The molecule has 18 heteroatoms. The standard InChI is InChI=1S/C19H15F15O3/c1-3-37-12(35)10-6-4-9(5-7-10)11(36-2)8-13(20,21)14(22,23)15(24,25)16(26,27)17(28,29)18(30,31)19(32,33)34/h4-7,11H,3,8H2,1-2H3. The quantitative estimate of drug-likeness (QED) is 0.205. The summed E-state index contributed by atoms with van der Waals surface area (Å²) >= 11 is 0. The van der Waals surface area contributed by atoms with Gasteiger partial charge >= 0.3 is 47.7 Å². The molecule has 0 heterocycles. The first-order chi connectivity index (χ1) is 16.4. The second-order valence-corrected chi connectivity index (χ2v) is 7.35. The summed E-state index contributed by atoms with van der Waals surface area (Å²) in [6.45, 7) is 1.31. The van der Waals surface area contributed by atoms with Gasteiger partial charge in [-0.25, -0.2) is 4.79 Å². The molecule has 0 aromatic heterocycles. The van der Waals surface area contributed by atoms with E-state index in [9.17, 15) is 70.7 Å². The van der Waals surface area contributed by atoms with Gasteiger partial charge in [0.1, 0.15) is 0 Å². The molecule has 37 heavy (non-hydrogen) atoms. The van der Waals surface area contributed by atoms with Gasteiger partial charge in [0.05, 0.1) is 18.3 Å². The highest BCUT2D eigenvalue weighted by Gasteiger charge is 2.93. The van der Waals surface area contributed by atoms with Crippen molar-refractivity contribution < 1.29 is 80.1 Å². The van der Waals surface area contributed by atoms with E-state index in [4.69, 9.17) is 0 Å². The van der Waals surface area contributed by atoms with E-state index in [1.54, 1.807) is 0 Å². The number of halogens is 15. The average Bonchev–Trinajstić information content (AvgIpc) is 2.76. The molecule has 0 saturated heterocycles. The van der Waals surface area contributed by atoms with Crippen LogP contribution < -0.4 is 0 Å². The predicted molar refractivity (Wildman–Crippen MR) is 92.5 cm³/mol. The monoisotopic (exact) mass is 576 g/mol. The molecule has 1 aromatic carbocycles. The third-order valence-electron chi connectivity index (χ3n) is 4.91. The Morgan fingerprint density at radius 1 is 0.703 bits per heavy atom. The van der Waals surface area contributed by atoms with Crippen molar-refractivity contribution in [3.8, 4) is 0 Å². The molecule has 0 amide bonds. The van der Waals surface area contributed by atoms with Crippen LogP contribution in [0.15, 0.2) is 24.3 Å². The summed E-state index contributed by atoms with van der Waals surface area (Å²) in [5.74, 6) is -47.9. The Balaban J connectivity index is 3.43. The Morgan fingerprint density at radius 2 is 1.11 bits per heavy atom. The minimum Gasteiger partial charge on any atom is -0.462 e. The highest BCUT2D eigenvalue weighted by atomic mass is 19.4. The van der Waals surface area contributed by atoms with Crippen LogP contribution in [-0.2, 0) is 9.47 Å². The zero-order chi connectivity index (χ0) is 29.5. The summed E-state index contributed by atoms with van der Waals surface area (Å²) < 4.78 is 209. The molecule has 0 N–H and O–H groups in total. The van der Waals surface area contributed by atoms with Gasteiger partial charge in [0.15, 0.2) is 0 Å². The Kier molecular flexibility index (Phi) is 8.87. The SMILES string of the molecule is CCOC(=O)c1ccc(C(CC(F)(F)C(F)(F)C(F)(F)C(F)(F)C(F)(F)C(F)(F)C(F)(F)F)OC)cc1. The van der Waals surface area contributed by atoms with E-state index in [1.165, 1.54) is 6.92 Å². The highest BCUT2D eigenvalue weighted by molar-refractivity contribution is 5.89. The molecule has 0 bridgehead atoms. The Morgan fingerprint density at radius 3 is 1.49 bits per heavy atom. The van der Waals surface area contributed by atoms with E-state index >= 15 is 0 Å². The van der Waals surface area contributed by atoms with E-state index in [2.05, 4.69) is 9.47 Å². The van der Waals surface area contributed by atoms with Crippen molar-refractivity contribution in [2.45, 2.75) is 61.2 Å². The van der Waals surface area contributed by atoms with E-state index in [1.807, 2.05) is 0 Å². The van der Waals surface area contributed by atoms with E-state index in [0.29, 0.717) is 7.11 Å². The summed E-state index contributed by atoms with van der Waals surface area (Å²) in [6, 6.07) is 3.22. The number of carbonyl (C=O) groups excluding carboxylic acids is 1. The summed E-state index contributed by atoms with van der Waals surface area (Å²) in [7, 11) is 0.531. The maximum absolute atomic E-state index is 14.2. The average molecular weight is 576 g/mol. The summed E-state index contributed by atoms with van der Waals surface area (Å²) in [6.07, 6.45) is -12.7. The third kappa shape index (κ3) is 5.30. The van der Waals surface area contributed by atoms with Crippen LogP contribution in [0.3, 0.4) is 0 Å². The lowest BCUT2D eigenvalue weighted by Gasteiger charge is -2.42. The first kappa shape index (κ1) is 32.6. The van der Waals surface area contributed by atoms with Crippen LogP contribution in [0.25, 0.3) is 0 Å². The lowest BCUT2D eigenvalue weighted by Crippen LogP contribution is -2.72. The molecule has 0 spiro atoms. The smallest absolute Gasteiger partial charge is 0.460 e. The van der Waals surface area contributed by atoms with E-state index < -0.39 is 65.8 Å². The van der Waals surface area contributed by atoms with Crippen molar-refractivity contribution >= 4 is 5.97 Å². The molecule has 1 aromatic rings. The molecule has 0 saturated carbocycles. The Hall–Kier alpha value is -2.40. The molecule has 1 unspecified atom stereocenters. The normalized spacial score (nSPS) is 15.5. The predicted octanol–water partition coefficient (Wildman–Crippen LogP) is 7.32. The van der Waals surface area contributed by atoms with Gasteiger partial charge in [-0.2, -0.15) is 65.9 Å². The number of esters is 1. The maximum Gasteiger partial charge on any atom is 0.460 e. The molecule has 1 atom stereocenters. The zero-order valence-electron chi connectivity index (χ0n) is 18.2. The molecule has 214 valence electrons. The fraction of sp³-hybridized carbons (Fsp3) is 0.632. The highest BCUT2D eigenvalue weighted by Crippen LogP contribution is 2.63. The minimum atomic E-state index is -8.35. The number of hydrogen-bond donors (Lipinski definition) is 0. The van der Waals surface area contributed by atoms with Crippen LogP contribution >= 0.6 is 0 Å². The maximum atomic E-state index is 14.2. The van der Waals surface area contributed by atoms with Crippen molar-refractivity contribution in [3.05, 3.63) is 35.4 Å². The number of rotatable bonds is 11. The summed E-state index contributed by atoms with van der Waals surface area (Å²) in [5, 5.41) is 0. The second-order valence-electron chi connectivity index (χ2n) is 7.35. The zero-order valence-corrected chi connectivity index (χ0v) is 18.2. The van der Waals surface area contributed by atoms with Crippen LogP contribution in [0.4, 0.5) is 65.9 Å². The molecular weight excluding hydrogens is 561 g/mol. The topological polar surface area (TPSA) is 35.5 Å². The lowest BCUT2D eigenvalue weighted by atomic mass is 9.88. The minimum absolute atomic E-state index is 0.102. The van der Waals surface area contributed by atoms with Gasteiger partial charge in [-0.3, -0.25) is 0 Å². The van der Waals surface area contributed by atoms with Crippen molar-refractivity contribution in [1.29, 1.82) is 0 Å². The largest absolute Gasteiger partial charge is 0.462 e. The number of alkyl halides is 15. The van der Waals surface area contributed by atoms with Gasteiger partial charge in [0, 0.05) is 13.5 Å². The van der Waals surface area contributed by atoms with Gasteiger partial charge in [-0.15, -0.1) is 0 Å². The van der Waals surface area contributed by atoms with Gasteiger partial charge in [0.2, 0.25) is 0 Å². The number of methoxy groups -OCH3 is 1. The van der Waals surface area contributed by atoms with Gasteiger partial charge in [0.25, 0.3) is 0 Å². The first-order valence-electron chi connectivity index (χ1n) is 9.50. The molecule has 0 aliphatic carbocycles. The molecule has 0 radical (unpaired) electrons. The van der Waals surface area contributed by atoms with Crippen molar-refractivity contribution in [3.63, 3.8) is 0 Å². The second kappa shape index (κ2) is 10.1. The van der Waals surface area contributed by atoms with Gasteiger partial charge in [-0.05, 0) is 24.6 Å². The molecule has 0 fully saturated rings. The lowest BCUT2D eigenvalue weighted by molar-refractivity contribution is -0.453. The van der Waals surface area contributed by atoms with Crippen LogP contribution in [-0.4, -0.2) is 61.4 Å². The fourth-order valence-electron chi connectivity index (χ4n) is 2.75. The van der Waals surface area contributed by atoms with Crippen LogP contribution in [0.1, 0.15) is 35.4 Å². The summed E-state index contributed by atoms with van der Waals surface area (Å²) in [5.41, 5.74) is -0.799. The van der Waals surface area contributed by atoms with Crippen molar-refractivity contribution in [2.75, 3.05) is 13.7 Å². The number of benzene rings is 1. The molecular formula is C19H15F15O3. The fourth-order valence-corrected chi connectivity index (χ4v) is 2.75. The first-order valence-corrected chi connectivity index (χ1v) is 9.50. The van der Waals surface area contributed by atoms with E-state index in [0.717, 1.165) is 24.3 Å². The van der Waals surface area contributed by atoms with Crippen LogP contribution in [0, 0.1) is 0 Å². The molecule has 3 nitrogen and oxygen atoms in total. The van der Waals surface area contributed by atoms with Crippen LogP contribution in [0.5, 0.6) is 0 Å². The Labute approximate surface area is 197 Å². The van der Waals surface area contributed by atoms with E-state index in [-0.39, 0.29) is 12.2 Å². The molecule has 1 rings (SSSR count). The van der Waals surface area contributed by atoms with Crippen molar-refractivity contribution in [2.24, 2.45) is 0 Å². The Bertz CT molecular complexity index is 939. The third-order valence-corrected chi connectivity index (χ3v) is 4.91. The summed E-state index contributed by atoms with van der Waals surface area (Å²) in [4.78, 5) is 11.6. The van der Waals surface area contributed by atoms with Gasteiger partial charge in [-0.1, -0.05) is 12.1 Å². The van der Waals surface area contributed by atoms with Crippen LogP contribution in [0.2, 0.25) is 0 Å². The molecule has 0 aliphatic rings. The number of carbonyl (C=O) groups is 1.